The molecule has 2 fully saturated rings. The predicted octanol–water partition coefficient (Wildman–Crippen LogP) is 0.245. The molecule has 0 saturated carbocycles. The summed E-state index contributed by atoms with van der Waals surface area (Å²) in [4.78, 5) is 54.6. The van der Waals surface area contributed by atoms with Crippen LogP contribution in [0, 0.1) is 0 Å². The fourth-order valence-corrected chi connectivity index (χ4v) is 4.16. The molecule has 1 aromatic carbocycles. The number of imide groups is 2. The maximum Gasteiger partial charge on any atom is 0.262 e. The van der Waals surface area contributed by atoms with Crippen molar-refractivity contribution in [1.82, 2.24) is 15.1 Å². The van der Waals surface area contributed by atoms with Crippen molar-refractivity contribution in [1.29, 1.82) is 0 Å². The number of fused-ring (bicyclic) bond motifs is 1. The minimum absolute atomic E-state index is 0.110. The molecule has 3 aliphatic rings. The lowest BCUT2D eigenvalue weighted by molar-refractivity contribution is -0.136. The van der Waals surface area contributed by atoms with Crippen LogP contribution in [-0.4, -0.2) is 85.4 Å². The Morgan fingerprint density at radius 3 is 2.57 bits per heavy atom. The molecule has 1 aromatic rings. The number of carbonyl (C=O) groups excluding carboxylic acids is 4. The summed E-state index contributed by atoms with van der Waals surface area (Å²) < 4.78 is 5.57. The lowest BCUT2D eigenvalue weighted by Gasteiger charge is -2.39. The number of benzene rings is 1. The molecule has 4 amide bonds. The van der Waals surface area contributed by atoms with Gasteiger partial charge in [-0.05, 0) is 31.5 Å². The maximum absolute atomic E-state index is 12.9. The number of likely N-dealkylation sites (tertiary alicyclic amines) is 1. The number of hydrogen-bond donors (Lipinski definition) is 1. The zero-order valence-electron chi connectivity index (χ0n) is 17.2. The van der Waals surface area contributed by atoms with Gasteiger partial charge in [0.25, 0.3) is 11.8 Å². The van der Waals surface area contributed by atoms with Crippen molar-refractivity contribution in [3.63, 3.8) is 0 Å². The predicted molar refractivity (Wildman–Crippen MR) is 108 cm³/mol. The van der Waals surface area contributed by atoms with Crippen LogP contribution in [-0.2, 0) is 14.3 Å². The second-order valence-corrected chi connectivity index (χ2v) is 7.94. The Morgan fingerprint density at radius 2 is 1.87 bits per heavy atom. The molecule has 3 heterocycles. The quantitative estimate of drug-likeness (QED) is 0.639. The molecule has 1 unspecified atom stereocenters. The van der Waals surface area contributed by atoms with Crippen LogP contribution in [0.4, 0.5) is 5.69 Å². The summed E-state index contributed by atoms with van der Waals surface area (Å²) in [5.41, 5.74) is 1.43. The van der Waals surface area contributed by atoms with E-state index in [2.05, 4.69) is 10.2 Å². The van der Waals surface area contributed by atoms with Crippen LogP contribution in [0.2, 0.25) is 0 Å². The number of amides is 4. The molecule has 9 nitrogen and oxygen atoms in total. The number of piperidine rings is 1. The van der Waals surface area contributed by atoms with Crippen LogP contribution >= 0.6 is 0 Å². The summed E-state index contributed by atoms with van der Waals surface area (Å²) in [6, 6.07) is 4.22. The first kappa shape index (κ1) is 20.5. The molecule has 9 heteroatoms. The SMILES string of the molecule is CCOC1CN(CCN(C)c2ccc3c(c2)C(=O)N(C2CCC(=O)NC2=O)C3=O)C1. The van der Waals surface area contributed by atoms with Gasteiger partial charge in [0.2, 0.25) is 11.8 Å². The molecule has 2 saturated heterocycles. The van der Waals surface area contributed by atoms with Crippen molar-refractivity contribution >= 4 is 29.3 Å². The van der Waals surface area contributed by atoms with Crippen molar-refractivity contribution in [2.24, 2.45) is 0 Å². The molecule has 160 valence electrons. The third-order valence-corrected chi connectivity index (χ3v) is 5.94. The first-order valence-corrected chi connectivity index (χ1v) is 10.3. The molecule has 0 radical (unpaired) electrons. The highest BCUT2D eigenvalue weighted by Gasteiger charge is 2.44. The summed E-state index contributed by atoms with van der Waals surface area (Å²) in [5.74, 6) is -1.95. The van der Waals surface area contributed by atoms with E-state index in [9.17, 15) is 19.2 Å². The molecule has 0 aliphatic carbocycles. The van der Waals surface area contributed by atoms with Gasteiger partial charge in [0.05, 0.1) is 17.2 Å². The van der Waals surface area contributed by atoms with E-state index in [-0.39, 0.29) is 18.7 Å². The first-order valence-electron chi connectivity index (χ1n) is 10.3. The van der Waals surface area contributed by atoms with Crippen LogP contribution in [0.3, 0.4) is 0 Å². The van der Waals surface area contributed by atoms with E-state index in [1.54, 1.807) is 12.1 Å². The van der Waals surface area contributed by atoms with Gasteiger partial charge in [-0.2, -0.15) is 0 Å². The van der Waals surface area contributed by atoms with Crippen molar-refractivity contribution in [2.45, 2.75) is 31.9 Å². The zero-order valence-corrected chi connectivity index (χ0v) is 17.2. The molecule has 30 heavy (non-hydrogen) atoms. The van der Waals surface area contributed by atoms with E-state index in [4.69, 9.17) is 4.74 Å². The molecule has 1 atom stereocenters. The van der Waals surface area contributed by atoms with Gasteiger partial charge in [-0.3, -0.25) is 34.3 Å². The second-order valence-electron chi connectivity index (χ2n) is 7.94. The average Bonchev–Trinajstić information content (AvgIpc) is 2.94. The van der Waals surface area contributed by atoms with E-state index in [0.29, 0.717) is 17.2 Å². The van der Waals surface area contributed by atoms with Gasteiger partial charge in [-0.25, -0.2) is 0 Å². The second kappa shape index (κ2) is 8.16. The van der Waals surface area contributed by atoms with Crippen molar-refractivity contribution in [2.75, 3.05) is 44.7 Å². The Morgan fingerprint density at radius 1 is 1.13 bits per heavy atom. The number of carbonyl (C=O) groups is 4. The molecule has 4 rings (SSSR count). The Kier molecular flexibility index (Phi) is 5.57. The minimum Gasteiger partial charge on any atom is -0.376 e. The Hall–Kier alpha value is -2.78. The lowest BCUT2D eigenvalue weighted by atomic mass is 10.0. The Balaban J connectivity index is 1.42. The summed E-state index contributed by atoms with van der Waals surface area (Å²) >= 11 is 0. The average molecular weight is 414 g/mol. The van der Waals surface area contributed by atoms with Gasteiger partial charge in [-0.1, -0.05) is 0 Å². The monoisotopic (exact) mass is 414 g/mol. The van der Waals surface area contributed by atoms with Crippen LogP contribution in [0.5, 0.6) is 0 Å². The number of likely N-dealkylation sites (N-methyl/N-ethyl adjacent to an activating group) is 1. The highest BCUT2D eigenvalue weighted by atomic mass is 16.5. The number of nitrogens with zero attached hydrogens (tertiary/aromatic N) is 3. The molecule has 0 bridgehead atoms. The summed E-state index contributed by atoms with van der Waals surface area (Å²) in [6.07, 6.45) is 0.585. The number of nitrogens with one attached hydrogen (secondary N) is 1. The van der Waals surface area contributed by atoms with E-state index < -0.39 is 23.8 Å². The molecule has 0 aromatic heterocycles. The van der Waals surface area contributed by atoms with E-state index in [1.165, 1.54) is 0 Å². The minimum atomic E-state index is -0.944. The third-order valence-electron chi connectivity index (χ3n) is 5.94. The van der Waals surface area contributed by atoms with Crippen molar-refractivity contribution < 1.29 is 23.9 Å². The largest absolute Gasteiger partial charge is 0.376 e. The van der Waals surface area contributed by atoms with Gasteiger partial charge >= 0.3 is 0 Å². The molecule has 3 aliphatic heterocycles. The summed E-state index contributed by atoms with van der Waals surface area (Å²) in [5, 5.41) is 2.21. The van der Waals surface area contributed by atoms with E-state index in [1.807, 2.05) is 24.9 Å². The number of ether oxygens (including phenoxy) is 1. The fraction of sp³-hybridized carbons (Fsp3) is 0.524. The topological polar surface area (TPSA) is 99.3 Å². The van der Waals surface area contributed by atoms with E-state index in [0.717, 1.165) is 43.4 Å². The van der Waals surface area contributed by atoms with Gasteiger partial charge in [0.15, 0.2) is 0 Å². The Bertz CT molecular complexity index is 895. The van der Waals surface area contributed by atoms with Crippen molar-refractivity contribution in [3.8, 4) is 0 Å². The summed E-state index contributed by atoms with van der Waals surface area (Å²) in [7, 11) is 1.95. The van der Waals surface area contributed by atoms with Gasteiger partial charge in [-0.15, -0.1) is 0 Å². The Labute approximate surface area is 174 Å². The first-order chi connectivity index (χ1) is 14.4. The van der Waals surface area contributed by atoms with Crippen LogP contribution in [0.1, 0.15) is 40.5 Å². The lowest BCUT2D eigenvalue weighted by Crippen LogP contribution is -2.54. The van der Waals surface area contributed by atoms with Gasteiger partial charge in [0.1, 0.15) is 6.04 Å². The smallest absolute Gasteiger partial charge is 0.262 e. The molecular formula is C21H26N4O5. The highest BCUT2D eigenvalue weighted by Crippen LogP contribution is 2.30. The number of hydrogen-bond acceptors (Lipinski definition) is 7. The highest BCUT2D eigenvalue weighted by molar-refractivity contribution is 6.23. The number of rotatable bonds is 7. The van der Waals surface area contributed by atoms with Gasteiger partial charge in [0, 0.05) is 51.9 Å². The van der Waals surface area contributed by atoms with Crippen molar-refractivity contribution in [3.05, 3.63) is 29.3 Å². The van der Waals surface area contributed by atoms with E-state index >= 15 is 0 Å². The summed E-state index contributed by atoms with van der Waals surface area (Å²) in [6.45, 7) is 6.25. The van der Waals surface area contributed by atoms with Crippen LogP contribution in [0.25, 0.3) is 0 Å². The molecular weight excluding hydrogens is 388 g/mol. The standard InChI is InChI=1S/C21H26N4O5/c1-3-30-14-11-24(12-14)9-8-23(2)13-4-5-15-16(10-13)21(29)25(20(15)28)17-6-7-18(26)22-19(17)27/h4-5,10,14,17H,3,6-9,11-12H2,1-2H3,(H,22,26,27). The molecule has 0 spiro atoms. The molecule has 1 N–H and O–H groups in total. The fourth-order valence-electron chi connectivity index (χ4n) is 4.16. The normalized spacial score (nSPS) is 22.2. The van der Waals surface area contributed by atoms with Gasteiger partial charge < -0.3 is 9.64 Å². The third kappa shape index (κ3) is 3.70. The zero-order chi connectivity index (χ0) is 21.4. The van der Waals surface area contributed by atoms with Crippen LogP contribution < -0.4 is 10.2 Å². The van der Waals surface area contributed by atoms with Crippen LogP contribution in [0.15, 0.2) is 18.2 Å². The number of anilines is 1. The maximum atomic E-state index is 12.9.